The summed E-state index contributed by atoms with van der Waals surface area (Å²) in [6, 6.07) is 0. The van der Waals surface area contributed by atoms with Crippen LogP contribution in [0.1, 0.15) is 39.5 Å². The Hall–Kier alpha value is -0.140. The van der Waals surface area contributed by atoms with Gasteiger partial charge < -0.3 is 0 Å². The molecule has 0 heterocycles. The van der Waals surface area contributed by atoms with Crippen LogP contribution in [0.4, 0.5) is 0 Å². The van der Waals surface area contributed by atoms with E-state index in [2.05, 4.69) is 5.32 Å². The second-order valence-electron chi connectivity index (χ2n) is 4.38. The van der Waals surface area contributed by atoms with Gasteiger partial charge in [-0.1, -0.05) is 26.7 Å². The van der Waals surface area contributed by atoms with E-state index in [-0.39, 0.29) is 0 Å². The van der Waals surface area contributed by atoms with Gasteiger partial charge in [0.15, 0.2) is 19.7 Å². The zero-order valence-corrected chi connectivity index (χ0v) is 12.6. The van der Waals surface area contributed by atoms with Crippen LogP contribution in [0.2, 0.25) is 0 Å². The SMILES string of the molecule is CCCC(NC(CCC)S(C)(=O)=O)S(C)(=O)=O. The predicted octanol–water partition coefficient (Wildman–Crippen LogP) is 0.918. The van der Waals surface area contributed by atoms with Crippen LogP contribution in [0.25, 0.3) is 0 Å². The summed E-state index contributed by atoms with van der Waals surface area (Å²) in [6.45, 7) is 3.74. The Balaban J connectivity index is 4.94. The van der Waals surface area contributed by atoms with Crippen LogP contribution in [0.15, 0.2) is 0 Å². The molecule has 0 aliphatic rings. The third kappa shape index (κ3) is 6.38. The van der Waals surface area contributed by atoms with Gasteiger partial charge in [0, 0.05) is 12.5 Å². The molecule has 0 saturated heterocycles. The Morgan fingerprint density at radius 2 is 1.12 bits per heavy atom. The van der Waals surface area contributed by atoms with Crippen molar-refractivity contribution in [2.24, 2.45) is 0 Å². The number of nitrogens with one attached hydrogen (secondary N) is 1. The molecule has 0 aliphatic carbocycles. The number of sulfone groups is 2. The van der Waals surface area contributed by atoms with Crippen LogP contribution in [0.3, 0.4) is 0 Å². The molecule has 0 aliphatic heterocycles. The minimum absolute atomic E-state index is 0.425. The maximum Gasteiger partial charge on any atom is 0.163 e. The van der Waals surface area contributed by atoms with E-state index in [0.717, 1.165) is 12.5 Å². The van der Waals surface area contributed by atoms with Crippen molar-refractivity contribution in [3.8, 4) is 0 Å². The fourth-order valence-electron chi connectivity index (χ4n) is 1.57. The highest BCUT2D eigenvalue weighted by Gasteiger charge is 2.27. The standard InChI is InChI=1S/C10H23NO4S2/c1-5-7-9(16(3,12)13)11-10(8-6-2)17(4,14)15/h9-11H,5-8H2,1-4H3. The van der Waals surface area contributed by atoms with Gasteiger partial charge in [-0.15, -0.1) is 0 Å². The highest BCUT2D eigenvalue weighted by atomic mass is 32.2. The molecular formula is C10H23NO4S2. The fourth-order valence-corrected chi connectivity index (χ4v) is 3.81. The fraction of sp³-hybridized carbons (Fsp3) is 1.00. The van der Waals surface area contributed by atoms with Crippen LogP contribution >= 0.6 is 0 Å². The summed E-state index contributed by atoms with van der Waals surface area (Å²) in [5, 5.41) is 1.20. The average Bonchev–Trinajstić information content (AvgIpc) is 2.12. The lowest BCUT2D eigenvalue weighted by molar-refractivity contribution is 0.485. The van der Waals surface area contributed by atoms with Gasteiger partial charge >= 0.3 is 0 Å². The van der Waals surface area contributed by atoms with E-state index in [4.69, 9.17) is 0 Å². The first kappa shape index (κ1) is 16.9. The molecule has 1 N–H and O–H groups in total. The van der Waals surface area contributed by atoms with Gasteiger partial charge in [-0.25, -0.2) is 16.8 Å². The van der Waals surface area contributed by atoms with Gasteiger partial charge in [0.2, 0.25) is 0 Å². The van der Waals surface area contributed by atoms with Crippen molar-refractivity contribution in [1.29, 1.82) is 0 Å². The van der Waals surface area contributed by atoms with Crippen molar-refractivity contribution in [3.63, 3.8) is 0 Å². The Kier molecular flexibility index (Phi) is 6.65. The van der Waals surface area contributed by atoms with Gasteiger partial charge in [0.25, 0.3) is 0 Å². The van der Waals surface area contributed by atoms with Gasteiger partial charge in [-0.2, -0.15) is 0 Å². The molecule has 2 unspecified atom stereocenters. The maximum absolute atomic E-state index is 11.5. The van der Waals surface area contributed by atoms with Crippen molar-refractivity contribution < 1.29 is 16.8 Å². The van der Waals surface area contributed by atoms with Crippen LogP contribution in [0, 0.1) is 0 Å². The molecule has 0 radical (unpaired) electrons. The molecule has 0 spiro atoms. The monoisotopic (exact) mass is 285 g/mol. The first-order valence-electron chi connectivity index (χ1n) is 5.76. The molecule has 0 aromatic rings. The minimum atomic E-state index is -3.28. The van der Waals surface area contributed by atoms with E-state index in [1.54, 1.807) is 0 Å². The largest absolute Gasteiger partial charge is 0.285 e. The summed E-state index contributed by atoms with van der Waals surface area (Å²) in [5.74, 6) is 0. The lowest BCUT2D eigenvalue weighted by atomic mass is 10.3. The van der Waals surface area contributed by atoms with Gasteiger partial charge in [-0.3, -0.25) is 5.32 Å². The Bertz CT molecular complexity index is 374. The number of rotatable bonds is 8. The molecule has 104 valence electrons. The first-order valence-corrected chi connectivity index (χ1v) is 9.67. The van der Waals surface area contributed by atoms with Crippen molar-refractivity contribution in [2.45, 2.75) is 50.3 Å². The van der Waals surface area contributed by atoms with Gasteiger partial charge in [0.05, 0.1) is 0 Å². The third-order valence-electron chi connectivity index (χ3n) is 2.51. The molecule has 0 amide bonds. The summed E-state index contributed by atoms with van der Waals surface area (Å²) in [6.07, 6.45) is 4.49. The maximum atomic E-state index is 11.5. The molecule has 0 saturated carbocycles. The molecule has 2 atom stereocenters. The zero-order chi connectivity index (χ0) is 13.7. The molecule has 0 aromatic carbocycles. The molecule has 0 bridgehead atoms. The molecule has 0 rings (SSSR count). The van der Waals surface area contributed by atoms with E-state index in [9.17, 15) is 16.8 Å². The Morgan fingerprint density at radius 1 is 0.824 bits per heavy atom. The quantitative estimate of drug-likeness (QED) is 0.717. The van der Waals surface area contributed by atoms with Gasteiger partial charge in [0.1, 0.15) is 10.7 Å². The van der Waals surface area contributed by atoms with E-state index >= 15 is 0 Å². The van der Waals surface area contributed by atoms with Gasteiger partial charge in [-0.05, 0) is 12.8 Å². The lowest BCUT2D eigenvalue weighted by Crippen LogP contribution is -2.46. The summed E-state index contributed by atoms with van der Waals surface area (Å²) in [4.78, 5) is 0. The number of hydrogen-bond acceptors (Lipinski definition) is 5. The lowest BCUT2D eigenvalue weighted by Gasteiger charge is -2.23. The van der Waals surface area contributed by atoms with Crippen molar-refractivity contribution >= 4 is 19.7 Å². The van der Waals surface area contributed by atoms with E-state index in [0.29, 0.717) is 25.7 Å². The van der Waals surface area contributed by atoms with E-state index in [1.807, 2.05) is 13.8 Å². The molecule has 0 fully saturated rings. The second-order valence-corrected chi connectivity index (χ2v) is 8.84. The van der Waals surface area contributed by atoms with Crippen molar-refractivity contribution in [3.05, 3.63) is 0 Å². The van der Waals surface area contributed by atoms with Crippen LogP contribution in [-0.4, -0.2) is 40.1 Å². The second kappa shape index (κ2) is 6.70. The third-order valence-corrected chi connectivity index (χ3v) is 5.32. The highest BCUT2D eigenvalue weighted by Crippen LogP contribution is 2.11. The summed E-state index contributed by atoms with van der Waals surface area (Å²) in [7, 11) is -6.55. The van der Waals surface area contributed by atoms with E-state index < -0.39 is 30.4 Å². The Morgan fingerprint density at radius 3 is 1.29 bits per heavy atom. The molecule has 5 nitrogen and oxygen atoms in total. The van der Waals surface area contributed by atoms with Crippen molar-refractivity contribution in [1.82, 2.24) is 5.32 Å². The zero-order valence-electron chi connectivity index (χ0n) is 10.9. The van der Waals surface area contributed by atoms with Crippen LogP contribution in [-0.2, 0) is 19.7 Å². The van der Waals surface area contributed by atoms with Crippen LogP contribution in [0.5, 0.6) is 0 Å². The average molecular weight is 285 g/mol. The topological polar surface area (TPSA) is 80.3 Å². The Labute approximate surface area is 105 Å². The highest BCUT2D eigenvalue weighted by molar-refractivity contribution is 7.92. The van der Waals surface area contributed by atoms with Crippen molar-refractivity contribution in [2.75, 3.05) is 12.5 Å². The number of hydrogen-bond donors (Lipinski definition) is 1. The van der Waals surface area contributed by atoms with Crippen LogP contribution < -0.4 is 5.32 Å². The molecule has 0 aromatic heterocycles. The van der Waals surface area contributed by atoms with E-state index in [1.165, 1.54) is 0 Å². The molecule has 17 heavy (non-hydrogen) atoms. The first-order chi connectivity index (χ1) is 7.62. The normalized spacial score (nSPS) is 16.7. The minimum Gasteiger partial charge on any atom is -0.285 e. The predicted molar refractivity (Wildman–Crippen MR) is 70.2 cm³/mol. The smallest absolute Gasteiger partial charge is 0.163 e. The molecular weight excluding hydrogens is 262 g/mol. The summed E-state index contributed by atoms with van der Waals surface area (Å²) >= 11 is 0. The summed E-state index contributed by atoms with van der Waals surface area (Å²) < 4.78 is 46.1. The molecule has 7 heteroatoms. The summed E-state index contributed by atoms with van der Waals surface area (Å²) in [5.41, 5.74) is 0.